The van der Waals surface area contributed by atoms with Gasteiger partial charge in [-0.25, -0.2) is 0 Å². The highest BCUT2D eigenvalue weighted by molar-refractivity contribution is 5.69. The minimum atomic E-state index is 0.801. The van der Waals surface area contributed by atoms with Crippen LogP contribution in [0.15, 0.2) is 54.6 Å². The molecule has 0 bridgehead atoms. The van der Waals surface area contributed by atoms with E-state index in [1.165, 1.54) is 43.5 Å². The third-order valence-corrected chi connectivity index (χ3v) is 4.94. The van der Waals surface area contributed by atoms with Crippen molar-refractivity contribution in [3.05, 3.63) is 65.7 Å². The van der Waals surface area contributed by atoms with E-state index in [1.54, 1.807) is 0 Å². The number of rotatable bonds is 6. The maximum absolute atomic E-state index is 5.95. The standard InChI is InChI=1S/C22H28NO/c1-23(16-6-3-7-17-23)18-19-24-22-14-12-21(13-15-22)11-10-20-8-4-2-5-9-20/h2,4-5,8-15H,3,6-7,16-19H2,1H3/q+1. The van der Waals surface area contributed by atoms with Crippen LogP contribution in [-0.2, 0) is 0 Å². The number of hydrogen-bond donors (Lipinski definition) is 0. The Morgan fingerprint density at radius 3 is 2.12 bits per heavy atom. The highest BCUT2D eigenvalue weighted by atomic mass is 16.5. The zero-order chi connectivity index (χ0) is 16.7. The predicted octanol–water partition coefficient (Wildman–Crippen LogP) is 4.87. The summed E-state index contributed by atoms with van der Waals surface area (Å²) < 4.78 is 7.12. The Kier molecular flexibility index (Phi) is 5.71. The van der Waals surface area contributed by atoms with Gasteiger partial charge in [-0.05, 0) is 42.5 Å². The summed E-state index contributed by atoms with van der Waals surface area (Å²) in [6, 6.07) is 18.7. The summed E-state index contributed by atoms with van der Waals surface area (Å²) in [6.45, 7) is 4.50. The lowest BCUT2D eigenvalue weighted by Crippen LogP contribution is -2.50. The molecule has 0 N–H and O–H groups in total. The van der Waals surface area contributed by atoms with Crippen molar-refractivity contribution in [2.24, 2.45) is 0 Å². The number of ether oxygens (including phenoxy) is 1. The summed E-state index contributed by atoms with van der Waals surface area (Å²) in [4.78, 5) is 0. The molecule has 0 spiro atoms. The Bertz CT molecular complexity index is 639. The zero-order valence-electron chi connectivity index (χ0n) is 14.7. The van der Waals surface area contributed by atoms with Crippen molar-refractivity contribution >= 4 is 12.2 Å². The highest BCUT2D eigenvalue weighted by Crippen LogP contribution is 2.17. The van der Waals surface area contributed by atoms with E-state index in [0.29, 0.717) is 0 Å². The molecule has 0 unspecified atom stereocenters. The lowest BCUT2D eigenvalue weighted by Gasteiger charge is -2.37. The van der Waals surface area contributed by atoms with Gasteiger partial charge in [0.25, 0.3) is 0 Å². The molecule has 0 aliphatic carbocycles. The first-order valence-electron chi connectivity index (χ1n) is 9.03. The van der Waals surface area contributed by atoms with Crippen LogP contribution in [0, 0.1) is 0 Å². The molecular formula is C22H28NO+. The molecule has 1 heterocycles. The van der Waals surface area contributed by atoms with Gasteiger partial charge in [-0.15, -0.1) is 0 Å². The monoisotopic (exact) mass is 322 g/mol. The molecule has 1 saturated heterocycles. The van der Waals surface area contributed by atoms with E-state index < -0.39 is 0 Å². The lowest BCUT2D eigenvalue weighted by molar-refractivity contribution is -0.914. The maximum Gasteiger partial charge on any atom is 0.137 e. The normalized spacial score (nSPS) is 17.0. The lowest BCUT2D eigenvalue weighted by atomic mass is 10.1. The molecule has 126 valence electrons. The fraction of sp³-hybridized carbons (Fsp3) is 0.364. The molecular weight excluding hydrogens is 294 g/mol. The third kappa shape index (κ3) is 4.97. The van der Waals surface area contributed by atoms with Crippen LogP contribution in [0.25, 0.3) is 12.2 Å². The molecule has 0 atom stereocenters. The van der Waals surface area contributed by atoms with Crippen LogP contribution in [0.1, 0.15) is 30.4 Å². The number of nitrogens with zero attached hydrogens (tertiary/aromatic N) is 1. The van der Waals surface area contributed by atoms with Crippen LogP contribution in [0.2, 0.25) is 0 Å². The fourth-order valence-electron chi connectivity index (χ4n) is 3.31. The van der Waals surface area contributed by atoms with Gasteiger partial charge in [0.1, 0.15) is 18.9 Å². The average molecular weight is 322 g/mol. The first-order valence-corrected chi connectivity index (χ1v) is 9.03. The molecule has 0 radical (unpaired) electrons. The third-order valence-electron chi connectivity index (χ3n) is 4.94. The molecule has 0 aromatic heterocycles. The molecule has 3 rings (SSSR count). The number of benzene rings is 2. The number of piperidine rings is 1. The van der Waals surface area contributed by atoms with Crippen LogP contribution >= 0.6 is 0 Å². The van der Waals surface area contributed by atoms with E-state index in [4.69, 9.17) is 4.74 Å². The zero-order valence-corrected chi connectivity index (χ0v) is 14.7. The predicted molar refractivity (Wildman–Crippen MR) is 102 cm³/mol. The first kappa shape index (κ1) is 16.8. The van der Waals surface area contributed by atoms with E-state index in [-0.39, 0.29) is 0 Å². The molecule has 1 aliphatic heterocycles. The van der Waals surface area contributed by atoms with Crippen LogP contribution < -0.4 is 4.74 Å². The summed E-state index contributed by atoms with van der Waals surface area (Å²) in [5.74, 6) is 0.968. The Labute approximate surface area is 146 Å². The van der Waals surface area contributed by atoms with E-state index in [9.17, 15) is 0 Å². The smallest absolute Gasteiger partial charge is 0.137 e. The molecule has 2 aromatic carbocycles. The van der Waals surface area contributed by atoms with E-state index in [2.05, 4.69) is 67.7 Å². The Morgan fingerprint density at radius 2 is 1.46 bits per heavy atom. The van der Waals surface area contributed by atoms with Gasteiger partial charge in [-0.1, -0.05) is 54.6 Å². The van der Waals surface area contributed by atoms with Gasteiger partial charge in [0.2, 0.25) is 0 Å². The van der Waals surface area contributed by atoms with Crippen molar-refractivity contribution in [1.29, 1.82) is 0 Å². The number of likely N-dealkylation sites (tertiary alicyclic amines) is 1. The quantitative estimate of drug-likeness (QED) is 0.545. The molecule has 0 amide bonds. The summed E-state index contributed by atoms with van der Waals surface area (Å²) in [5.41, 5.74) is 2.41. The largest absolute Gasteiger partial charge is 0.488 e. The van der Waals surface area contributed by atoms with Crippen molar-refractivity contribution < 1.29 is 9.22 Å². The second kappa shape index (κ2) is 8.16. The van der Waals surface area contributed by atoms with Gasteiger partial charge in [0, 0.05) is 0 Å². The number of quaternary nitrogens is 1. The Morgan fingerprint density at radius 1 is 0.833 bits per heavy atom. The first-order chi connectivity index (χ1) is 11.7. The maximum atomic E-state index is 5.95. The molecule has 0 saturated carbocycles. The molecule has 1 fully saturated rings. The molecule has 2 heteroatoms. The van der Waals surface area contributed by atoms with Crippen molar-refractivity contribution in [2.45, 2.75) is 19.3 Å². The fourth-order valence-corrected chi connectivity index (χ4v) is 3.31. The summed E-state index contributed by atoms with van der Waals surface area (Å²) in [5, 5.41) is 0. The highest BCUT2D eigenvalue weighted by Gasteiger charge is 2.24. The summed E-state index contributed by atoms with van der Waals surface area (Å²) >= 11 is 0. The number of likely N-dealkylation sites (N-methyl/N-ethyl adjacent to an activating group) is 1. The summed E-state index contributed by atoms with van der Waals surface area (Å²) in [7, 11) is 2.36. The van der Waals surface area contributed by atoms with Crippen molar-refractivity contribution in [3.8, 4) is 5.75 Å². The Hall–Kier alpha value is -2.06. The Balaban J connectivity index is 1.48. The SMILES string of the molecule is C[N+]1(CCOc2ccc(C=Cc3ccccc3)cc2)CCCCC1. The number of hydrogen-bond acceptors (Lipinski definition) is 1. The van der Waals surface area contributed by atoms with Gasteiger partial charge >= 0.3 is 0 Å². The second-order valence-corrected chi connectivity index (χ2v) is 7.01. The second-order valence-electron chi connectivity index (χ2n) is 7.01. The van der Waals surface area contributed by atoms with Crippen molar-refractivity contribution in [2.75, 3.05) is 33.3 Å². The van der Waals surface area contributed by atoms with Crippen LogP contribution in [0.3, 0.4) is 0 Å². The van der Waals surface area contributed by atoms with E-state index >= 15 is 0 Å². The van der Waals surface area contributed by atoms with Gasteiger partial charge in [-0.2, -0.15) is 0 Å². The minimum absolute atomic E-state index is 0.801. The van der Waals surface area contributed by atoms with E-state index in [1.807, 2.05) is 6.07 Å². The molecule has 1 aliphatic rings. The van der Waals surface area contributed by atoms with Gasteiger partial charge in [0.05, 0.1) is 20.1 Å². The average Bonchev–Trinajstić information content (AvgIpc) is 2.62. The van der Waals surface area contributed by atoms with Gasteiger partial charge in [-0.3, -0.25) is 0 Å². The molecule has 2 nitrogen and oxygen atoms in total. The van der Waals surface area contributed by atoms with Gasteiger partial charge in [0.15, 0.2) is 0 Å². The molecule has 2 aromatic rings. The summed E-state index contributed by atoms with van der Waals surface area (Å²) in [6.07, 6.45) is 8.39. The van der Waals surface area contributed by atoms with Crippen LogP contribution in [0.4, 0.5) is 0 Å². The minimum Gasteiger partial charge on any atom is -0.488 e. The topological polar surface area (TPSA) is 9.23 Å². The van der Waals surface area contributed by atoms with Crippen molar-refractivity contribution in [1.82, 2.24) is 0 Å². The van der Waals surface area contributed by atoms with Gasteiger partial charge < -0.3 is 9.22 Å². The van der Waals surface area contributed by atoms with Crippen LogP contribution in [0.5, 0.6) is 5.75 Å². The van der Waals surface area contributed by atoms with Crippen molar-refractivity contribution in [3.63, 3.8) is 0 Å². The van der Waals surface area contributed by atoms with E-state index in [0.717, 1.165) is 23.4 Å². The molecule has 24 heavy (non-hydrogen) atoms. The van der Waals surface area contributed by atoms with Crippen LogP contribution in [-0.4, -0.2) is 37.8 Å².